The Kier molecular flexibility index (Phi) is 6.30. The summed E-state index contributed by atoms with van der Waals surface area (Å²) in [6, 6.07) is 6.59. The molecule has 4 N–H and O–H groups in total. The van der Waals surface area contributed by atoms with E-state index in [0.29, 0.717) is 37.3 Å². The highest BCUT2D eigenvalue weighted by Crippen LogP contribution is 2.27. The van der Waals surface area contributed by atoms with E-state index < -0.39 is 0 Å². The average Bonchev–Trinajstić information content (AvgIpc) is 2.70. The van der Waals surface area contributed by atoms with Crippen LogP contribution in [0.5, 0.6) is 0 Å². The maximum absolute atomic E-state index is 14.0. The predicted molar refractivity (Wildman–Crippen MR) is 110 cm³/mol. The molecule has 0 spiro atoms. The van der Waals surface area contributed by atoms with Crippen molar-refractivity contribution in [2.75, 3.05) is 29.9 Å². The van der Waals surface area contributed by atoms with Crippen LogP contribution in [0.1, 0.15) is 18.9 Å². The minimum absolute atomic E-state index is 0.0380. The van der Waals surface area contributed by atoms with E-state index in [0.717, 1.165) is 0 Å². The van der Waals surface area contributed by atoms with Gasteiger partial charge in [0.2, 0.25) is 0 Å². The van der Waals surface area contributed by atoms with E-state index in [4.69, 9.17) is 22.7 Å². The molecule has 0 unspecified atom stereocenters. The third-order valence-corrected chi connectivity index (χ3v) is 5.08. The second-order valence-electron chi connectivity index (χ2n) is 6.53. The first-order valence-electron chi connectivity index (χ1n) is 8.97. The highest BCUT2D eigenvalue weighted by molar-refractivity contribution is 6.33. The van der Waals surface area contributed by atoms with Crippen LogP contribution in [0.4, 0.5) is 15.8 Å². The van der Waals surface area contributed by atoms with Gasteiger partial charge in [0.15, 0.2) is 0 Å². The second kappa shape index (κ2) is 8.88. The van der Waals surface area contributed by atoms with Gasteiger partial charge in [0.05, 0.1) is 35.9 Å². The summed E-state index contributed by atoms with van der Waals surface area (Å²) in [5.41, 5.74) is 6.07. The largest absolute Gasteiger partial charge is 0.405 e. The molecule has 1 fully saturated rings. The molecule has 0 atom stereocenters. The Balaban J connectivity index is 1.68. The number of anilines is 2. The Morgan fingerprint density at radius 1 is 1.39 bits per heavy atom. The third kappa shape index (κ3) is 4.33. The van der Waals surface area contributed by atoms with Crippen LogP contribution in [0.2, 0.25) is 5.02 Å². The van der Waals surface area contributed by atoms with Crippen LogP contribution in [-0.2, 0) is 0 Å². The van der Waals surface area contributed by atoms with E-state index in [1.165, 1.54) is 29.2 Å². The van der Waals surface area contributed by atoms with Crippen molar-refractivity contribution in [3.8, 4) is 0 Å². The lowest BCUT2D eigenvalue weighted by Crippen LogP contribution is -2.39. The van der Waals surface area contributed by atoms with Crippen LogP contribution in [0.25, 0.3) is 0 Å². The SMILES string of the molecule is N=C(C=CN)CNc1cnn(C2CCN(c3ccccc3F)CC2)c(=O)c1Cl. The minimum atomic E-state index is -0.378. The number of benzene rings is 1. The first-order chi connectivity index (χ1) is 13.5. The second-order valence-corrected chi connectivity index (χ2v) is 6.91. The number of piperidine rings is 1. The fraction of sp³-hybridized carbons (Fsp3) is 0.316. The molecule has 3 rings (SSSR count). The molecule has 0 aliphatic carbocycles. The van der Waals surface area contributed by atoms with E-state index in [9.17, 15) is 9.18 Å². The van der Waals surface area contributed by atoms with Crippen molar-refractivity contribution in [2.24, 2.45) is 5.73 Å². The Labute approximate surface area is 167 Å². The number of nitrogens with zero attached hydrogens (tertiary/aromatic N) is 3. The molecule has 1 aliphatic heterocycles. The van der Waals surface area contributed by atoms with Crippen molar-refractivity contribution in [2.45, 2.75) is 18.9 Å². The summed E-state index contributed by atoms with van der Waals surface area (Å²) in [7, 11) is 0. The molecule has 7 nitrogen and oxygen atoms in total. The van der Waals surface area contributed by atoms with Gasteiger partial charge in [-0.3, -0.25) is 4.79 Å². The molecule has 1 aromatic heterocycles. The topological polar surface area (TPSA) is 100 Å². The molecule has 0 bridgehead atoms. The minimum Gasteiger partial charge on any atom is -0.405 e. The number of aromatic nitrogens is 2. The molecule has 1 aliphatic rings. The lowest BCUT2D eigenvalue weighted by Gasteiger charge is -2.34. The number of nitrogens with two attached hydrogens (primary N) is 1. The average molecular weight is 405 g/mol. The van der Waals surface area contributed by atoms with E-state index in [1.54, 1.807) is 12.1 Å². The van der Waals surface area contributed by atoms with Crippen LogP contribution >= 0.6 is 11.6 Å². The zero-order valence-corrected chi connectivity index (χ0v) is 16.0. The molecule has 0 saturated carbocycles. The number of para-hydroxylation sites is 1. The normalized spacial score (nSPS) is 15.1. The van der Waals surface area contributed by atoms with Crippen molar-refractivity contribution in [3.05, 3.63) is 63.9 Å². The van der Waals surface area contributed by atoms with Gasteiger partial charge >= 0.3 is 0 Å². The highest BCUT2D eigenvalue weighted by Gasteiger charge is 2.24. The molecule has 1 aromatic carbocycles. The predicted octanol–water partition coefficient (Wildman–Crippen LogP) is 2.78. The molecule has 0 amide bonds. The van der Waals surface area contributed by atoms with Crippen molar-refractivity contribution in [3.63, 3.8) is 0 Å². The van der Waals surface area contributed by atoms with Gasteiger partial charge in [0.25, 0.3) is 5.56 Å². The third-order valence-electron chi connectivity index (χ3n) is 4.71. The summed E-state index contributed by atoms with van der Waals surface area (Å²) in [6.45, 7) is 1.43. The van der Waals surface area contributed by atoms with Gasteiger partial charge in [0, 0.05) is 13.1 Å². The quantitative estimate of drug-likeness (QED) is 0.643. The van der Waals surface area contributed by atoms with Crippen molar-refractivity contribution in [1.82, 2.24) is 9.78 Å². The standard InChI is InChI=1S/C19H22ClFN6O/c20-18-16(24-11-13(23)5-8-22)12-25-27(19(18)28)14-6-9-26(10-7-14)17-4-2-1-3-15(17)21/h1-5,8,12,14,23-24H,6-7,9-11,22H2. The maximum Gasteiger partial charge on any atom is 0.287 e. The van der Waals surface area contributed by atoms with Gasteiger partial charge in [0.1, 0.15) is 10.8 Å². The van der Waals surface area contributed by atoms with Crippen LogP contribution < -0.4 is 21.5 Å². The van der Waals surface area contributed by atoms with Crippen molar-refractivity contribution >= 4 is 28.7 Å². The molecule has 9 heteroatoms. The Morgan fingerprint density at radius 2 is 2.11 bits per heavy atom. The molecule has 0 radical (unpaired) electrons. The van der Waals surface area contributed by atoms with Gasteiger partial charge in [-0.15, -0.1) is 0 Å². The summed E-state index contributed by atoms with van der Waals surface area (Å²) in [5, 5.41) is 14.9. The van der Waals surface area contributed by atoms with Crippen LogP contribution in [0, 0.1) is 11.2 Å². The maximum atomic E-state index is 14.0. The van der Waals surface area contributed by atoms with Gasteiger partial charge < -0.3 is 21.4 Å². The molecule has 148 valence electrons. The van der Waals surface area contributed by atoms with Crippen molar-refractivity contribution < 1.29 is 4.39 Å². The van der Waals surface area contributed by atoms with E-state index >= 15 is 0 Å². The molecule has 2 aromatic rings. The zero-order valence-electron chi connectivity index (χ0n) is 15.2. The summed E-state index contributed by atoms with van der Waals surface area (Å²) < 4.78 is 15.4. The zero-order chi connectivity index (χ0) is 20.1. The fourth-order valence-corrected chi connectivity index (χ4v) is 3.46. The van der Waals surface area contributed by atoms with Gasteiger partial charge in [-0.1, -0.05) is 23.7 Å². The number of rotatable bonds is 6. The first kappa shape index (κ1) is 19.9. The fourth-order valence-electron chi connectivity index (χ4n) is 3.25. The summed E-state index contributed by atoms with van der Waals surface area (Å²) in [4.78, 5) is 14.6. The van der Waals surface area contributed by atoms with E-state index in [2.05, 4.69) is 10.4 Å². The van der Waals surface area contributed by atoms with Gasteiger partial charge in [-0.2, -0.15) is 5.10 Å². The lowest BCUT2D eigenvalue weighted by atomic mass is 10.0. The number of nitrogens with one attached hydrogen (secondary N) is 2. The molecule has 2 heterocycles. The highest BCUT2D eigenvalue weighted by atomic mass is 35.5. The molecule has 28 heavy (non-hydrogen) atoms. The number of halogens is 2. The molecular weight excluding hydrogens is 383 g/mol. The summed E-state index contributed by atoms with van der Waals surface area (Å²) in [5.74, 6) is -0.246. The van der Waals surface area contributed by atoms with Crippen LogP contribution in [-0.4, -0.2) is 35.1 Å². The number of hydrogen-bond donors (Lipinski definition) is 3. The lowest BCUT2D eigenvalue weighted by molar-refractivity contribution is 0.352. The van der Waals surface area contributed by atoms with Gasteiger partial charge in [-0.05, 0) is 37.3 Å². The Bertz CT molecular complexity index is 936. The first-order valence-corrected chi connectivity index (χ1v) is 9.35. The van der Waals surface area contributed by atoms with Crippen LogP contribution in [0.3, 0.4) is 0 Å². The Hall–Kier alpha value is -2.87. The smallest absolute Gasteiger partial charge is 0.287 e. The summed E-state index contributed by atoms with van der Waals surface area (Å²) in [6.07, 6.45) is 5.54. The van der Waals surface area contributed by atoms with Crippen LogP contribution in [0.15, 0.2) is 47.5 Å². The Morgan fingerprint density at radius 3 is 2.79 bits per heavy atom. The molecule has 1 saturated heterocycles. The van der Waals surface area contributed by atoms with Gasteiger partial charge in [-0.25, -0.2) is 9.07 Å². The van der Waals surface area contributed by atoms with Crippen molar-refractivity contribution in [1.29, 1.82) is 5.41 Å². The monoisotopic (exact) mass is 404 g/mol. The number of hydrogen-bond acceptors (Lipinski definition) is 6. The molecular formula is C19H22ClFN6O. The summed E-state index contributed by atoms with van der Waals surface area (Å²) >= 11 is 6.21. The van der Waals surface area contributed by atoms with E-state index in [-0.39, 0.29) is 34.7 Å². The van der Waals surface area contributed by atoms with E-state index in [1.807, 2.05) is 11.0 Å².